The lowest BCUT2D eigenvalue weighted by atomic mass is 10.1. The van der Waals surface area contributed by atoms with Crippen molar-refractivity contribution in [2.45, 2.75) is 30.9 Å². The third-order valence-corrected chi connectivity index (χ3v) is 3.84. The number of carbonyl (C=O) groups excluding carboxylic acids is 1. The Labute approximate surface area is 92.0 Å². The van der Waals surface area contributed by atoms with Gasteiger partial charge in [-0.05, 0) is 5.92 Å². The fourth-order valence-corrected chi connectivity index (χ4v) is 1.70. The second-order valence-electron chi connectivity index (χ2n) is 4.02. The van der Waals surface area contributed by atoms with Crippen LogP contribution in [0.2, 0.25) is 0 Å². The van der Waals surface area contributed by atoms with Crippen LogP contribution in [0.4, 0.5) is 0 Å². The van der Waals surface area contributed by atoms with Crippen LogP contribution in [0.5, 0.6) is 0 Å². The van der Waals surface area contributed by atoms with Crippen LogP contribution in [-0.2, 0) is 4.79 Å². The molecule has 1 aliphatic heterocycles. The normalized spacial score (nSPS) is 29.7. The maximum Gasteiger partial charge on any atom is 0.236 e. The molecule has 0 aromatic heterocycles. The first-order valence-corrected chi connectivity index (χ1v) is 5.64. The summed E-state index contributed by atoms with van der Waals surface area (Å²) in [6, 6.07) is 0. The van der Waals surface area contributed by atoms with E-state index in [4.69, 9.17) is 0 Å². The van der Waals surface area contributed by atoms with Crippen molar-refractivity contribution in [1.29, 1.82) is 0 Å². The number of nitrogens with zero attached hydrogens (tertiary/aromatic N) is 1. The van der Waals surface area contributed by atoms with E-state index in [1.807, 2.05) is 13.8 Å². The predicted octanol–water partition coefficient (Wildman–Crippen LogP) is -0.0301. The topological polar surface area (TPSA) is 60.8 Å². The average molecular weight is 266 g/mol. The number of amides is 1. The first kappa shape index (κ1) is 11.9. The van der Waals surface area contributed by atoms with Crippen molar-refractivity contribution in [2.75, 3.05) is 13.1 Å². The summed E-state index contributed by atoms with van der Waals surface area (Å²) in [5, 5.41) is 18.6. The van der Waals surface area contributed by atoms with E-state index in [-0.39, 0.29) is 29.7 Å². The van der Waals surface area contributed by atoms with Crippen molar-refractivity contribution in [3.8, 4) is 0 Å². The summed E-state index contributed by atoms with van der Waals surface area (Å²) in [5.74, 6) is 0.146. The summed E-state index contributed by atoms with van der Waals surface area (Å²) >= 11 is 3.30. The van der Waals surface area contributed by atoms with Gasteiger partial charge >= 0.3 is 0 Å². The maximum atomic E-state index is 11.7. The van der Waals surface area contributed by atoms with Crippen LogP contribution in [0.1, 0.15) is 13.8 Å². The number of carbonyl (C=O) groups is 1. The van der Waals surface area contributed by atoms with E-state index < -0.39 is 12.2 Å². The third-order valence-electron chi connectivity index (χ3n) is 2.39. The molecule has 1 saturated heterocycles. The second-order valence-corrected chi connectivity index (χ2v) is 5.01. The van der Waals surface area contributed by atoms with Gasteiger partial charge in [-0.2, -0.15) is 0 Å². The van der Waals surface area contributed by atoms with Gasteiger partial charge in [0.15, 0.2) is 0 Å². The Balaban J connectivity index is 2.55. The molecule has 82 valence electrons. The molecular formula is C9H16BrNO3. The number of aliphatic hydroxyl groups is 2. The zero-order chi connectivity index (χ0) is 10.9. The van der Waals surface area contributed by atoms with Gasteiger partial charge in [-0.15, -0.1) is 0 Å². The van der Waals surface area contributed by atoms with Crippen LogP contribution in [0.25, 0.3) is 0 Å². The Hall–Kier alpha value is -0.130. The minimum Gasteiger partial charge on any atom is -0.388 e. The molecule has 1 rings (SSSR count). The van der Waals surface area contributed by atoms with E-state index in [2.05, 4.69) is 15.9 Å². The lowest BCUT2D eigenvalue weighted by Crippen LogP contribution is -2.37. The molecule has 0 radical (unpaired) electrons. The van der Waals surface area contributed by atoms with Crippen molar-refractivity contribution in [1.82, 2.24) is 4.90 Å². The first-order chi connectivity index (χ1) is 6.43. The van der Waals surface area contributed by atoms with Crippen molar-refractivity contribution < 1.29 is 15.0 Å². The number of β-amino-alcohol motifs (C(OH)–C–C–N with tert-alkyl or cyclic N) is 2. The zero-order valence-electron chi connectivity index (χ0n) is 8.35. The number of alkyl halides is 1. The highest BCUT2D eigenvalue weighted by Gasteiger charge is 2.35. The number of likely N-dealkylation sites (tertiary alicyclic amines) is 1. The summed E-state index contributed by atoms with van der Waals surface area (Å²) in [5.41, 5.74) is 0. The Morgan fingerprint density at radius 3 is 2.14 bits per heavy atom. The SMILES string of the molecule is CC(C)C(Br)C(=O)N1C[C@@H](O)[C@@H](O)C1. The van der Waals surface area contributed by atoms with E-state index in [0.717, 1.165) is 0 Å². The molecule has 1 aliphatic rings. The highest BCUT2D eigenvalue weighted by molar-refractivity contribution is 9.10. The van der Waals surface area contributed by atoms with E-state index in [1.54, 1.807) is 0 Å². The van der Waals surface area contributed by atoms with Crippen LogP contribution >= 0.6 is 15.9 Å². The molecule has 0 aliphatic carbocycles. The lowest BCUT2D eigenvalue weighted by molar-refractivity contribution is -0.130. The van der Waals surface area contributed by atoms with Crippen LogP contribution in [-0.4, -0.2) is 51.1 Å². The van der Waals surface area contributed by atoms with Gasteiger partial charge in [-0.25, -0.2) is 0 Å². The van der Waals surface area contributed by atoms with Gasteiger partial charge in [0, 0.05) is 13.1 Å². The van der Waals surface area contributed by atoms with Crippen LogP contribution in [0.3, 0.4) is 0 Å². The standard InChI is InChI=1S/C9H16BrNO3/c1-5(2)8(10)9(14)11-3-6(12)7(13)4-11/h5-8,12-13H,3-4H2,1-2H3/t6-,7+,8?. The first-order valence-electron chi connectivity index (χ1n) is 4.72. The summed E-state index contributed by atoms with van der Waals surface area (Å²) < 4.78 is 0. The predicted molar refractivity (Wildman–Crippen MR) is 56.1 cm³/mol. The summed E-state index contributed by atoms with van der Waals surface area (Å²) in [6.07, 6.45) is -1.60. The minimum absolute atomic E-state index is 0.0596. The number of hydrogen-bond acceptors (Lipinski definition) is 3. The number of hydrogen-bond donors (Lipinski definition) is 2. The Bertz CT molecular complexity index is 212. The molecule has 0 aromatic rings. The van der Waals surface area contributed by atoms with Gasteiger partial charge in [0.05, 0.1) is 17.0 Å². The molecular weight excluding hydrogens is 250 g/mol. The highest BCUT2D eigenvalue weighted by Crippen LogP contribution is 2.19. The largest absolute Gasteiger partial charge is 0.388 e. The highest BCUT2D eigenvalue weighted by atomic mass is 79.9. The fraction of sp³-hybridized carbons (Fsp3) is 0.889. The van der Waals surface area contributed by atoms with Gasteiger partial charge in [-0.1, -0.05) is 29.8 Å². The van der Waals surface area contributed by atoms with Crippen LogP contribution in [0.15, 0.2) is 0 Å². The average Bonchev–Trinajstić information content (AvgIpc) is 2.44. The molecule has 0 spiro atoms. The Morgan fingerprint density at radius 1 is 1.36 bits per heavy atom. The number of aliphatic hydroxyl groups excluding tert-OH is 2. The molecule has 1 unspecified atom stereocenters. The van der Waals surface area contributed by atoms with E-state index in [0.29, 0.717) is 0 Å². The molecule has 4 nitrogen and oxygen atoms in total. The molecule has 5 heteroatoms. The third kappa shape index (κ3) is 2.46. The van der Waals surface area contributed by atoms with E-state index >= 15 is 0 Å². The second kappa shape index (κ2) is 4.59. The Kier molecular flexibility index (Phi) is 3.92. The molecule has 3 atom stereocenters. The van der Waals surface area contributed by atoms with Gasteiger partial charge in [0.25, 0.3) is 0 Å². The molecule has 0 aromatic carbocycles. The van der Waals surface area contributed by atoms with Crippen LogP contribution < -0.4 is 0 Å². The van der Waals surface area contributed by atoms with Gasteiger partial charge in [0.2, 0.25) is 5.91 Å². The summed E-state index contributed by atoms with van der Waals surface area (Å²) in [7, 11) is 0. The quantitative estimate of drug-likeness (QED) is 0.690. The molecule has 1 heterocycles. The summed E-state index contributed by atoms with van der Waals surface area (Å²) in [6.45, 7) is 4.35. The number of halogens is 1. The zero-order valence-corrected chi connectivity index (χ0v) is 9.94. The van der Waals surface area contributed by atoms with Crippen molar-refractivity contribution in [3.63, 3.8) is 0 Å². The Morgan fingerprint density at radius 2 is 1.79 bits per heavy atom. The molecule has 1 amide bonds. The monoisotopic (exact) mass is 265 g/mol. The van der Waals surface area contributed by atoms with Gasteiger partial charge in [0.1, 0.15) is 0 Å². The van der Waals surface area contributed by atoms with E-state index in [1.165, 1.54) is 4.90 Å². The van der Waals surface area contributed by atoms with Crippen molar-refractivity contribution in [2.24, 2.45) is 5.92 Å². The van der Waals surface area contributed by atoms with Crippen LogP contribution in [0, 0.1) is 5.92 Å². The van der Waals surface area contributed by atoms with Gasteiger partial charge in [-0.3, -0.25) is 4.79 Å². The molecule has 0 saturated carbocycles. The van der Waals surface area contributed by atoms with Gasteiger partial charge < -0.3 is 15.1 Å². The molecule has 2 N–H and O–H groups in total. The minimum atomic E-state index is -0.800. The fourth-order valence-electron chi connectivity index (χ4n) is 1.41. The molecule has 1 fully saturated rings. The smallest absolute Gasteiger partial charge is 0.236 e. The lowest BCUT2D eigenvalue weighted by Gasteiger charge is -2.21. The molecule has 0 bridgehead atoms. The van der Waals surface area contributed by atoms with Crippen molar-refractivity contribution >= 4 is 21.8 Å². The summed E-state index contributed by atoms with van der Waals surface area (Å²) in [4.78, 5) is 13.0. The van der Waals surface area contributed by atoms with E-state index in [9.17, 15) is 15.0 Å². The van der Waals surface area contributed by atoms with Crippen molar-refractivity contribution in [3.05, 3.63) is 0 Å². The number of rotatable bonds is 2. The maximum absolute atomic E-state index is 11.7. The molecule has 14 heavy (non-hydrogen) atoms.